The smallest absolute Gasteiger partial charge is 0.295 e. The molecule has 2 heterocycles. The molecule has 6 nitrogen and oxygen atoms in total. The van der Waals surface area contributed by atoms with Gasteiger partial charge >= 0.3 is 0 Å². The molecular formula is C20H19N5O. The number of nitrogens with zero attached hydrogens (tertiary/aromatic N) is 4. The van der Waals surface area contributed by atoms with Crippen LogP contribution in [0.2, 0.25) is 0 Å². The second-order valence-electron chi connectivity index (χ2n) is 6.31. The standard InChI is InChI=1S/C20H19N5O/c1-14-12-18(15-8-4-2-5-9-15)25(23-14)20(26)19-17(21)13-22-24(19)16-10-6-3-7-11-16/h2-11,13,18H,12,21H2,1H3. The van der Waals surface area contributed by atoms with E-state index in [9.17, 15) is 4.79 Å². The number of para-hydroxylation sites is 1. The number of carbonyl (C=O) groups excluding carboxylic acids is 1. The minimum Gasteiger partial charge on any atom is -0.396 e. The summed E-state index contributed by atoms with van der Waals surface area (Å²) in [5.74, 6) is -0.255. The first-order chi connectivity index (χ1) is 12.6. The van der Waals surface area contributed by atoms with E-state index in [1.807, 2.05) is 67.6 Å². The van der Waals surface area contributed by atoms with E-state index >= 15 is 0 Å². The lowest BCUT2D eigenvalue weighted by atomic mass is 10.0. The Hall–Kier alpha value is -3.41. The molecule has 4 rings (SSSR count). The largest absolute Gasteiger partial charge is 0.396 e. The number of amides is 1. The molecule has 1 amide bonds. The lowest BCUT2D eigenvalue weighted by Gasteiger charge is -2.22. The van der Waals surface area contributed by atoms with Crippen molar-refractivity contribution in [2.24, 2.45) is 5.10 Å². The molecule has 1 unspecified atom stereocenters. The quantitative estimate of drug-likeness (QED) is 0.790. The van der Waals surface area contributed by atoms with E-state index < -0.39 is 0 Å². The van der Waals surface area contributed by atoms with E-state index in [2.05, 4.69) is 10.2 Å². The van der Waals surface area contributed by atoms with Crippen molar-refractivity contribution in [1.82, 2.24) is 14.8 Å². The summed E-state index contributed by atoms with van der Waals surface area (Å²) in [6.07, 6.45) is 2.21. The van der Waals surface area contributed by atoms with Crippen molar-refractivity contribution in [3.8, 4) is 5.69 Å². The van der Waals surface area contributed by atoms with Gasteiger partial charge in [0.25, 0.3) is 5.91 Å². The summed E-state index contributed by atoms with van der Waals surface area (Å²) < 4.78 is 1.57. The average molecular weight is 345 g/mol. The minimum atomic E-state index is -0.255. The van der Waals surface area contributed by atoms with Gasteiger partial charge in [0.05, 0.1) is 23.6 Å². The number of hydrogen-bond acceptors (Lipinski definition) is 4. The van der Waals surface area contributed by atoms with E-state index in [1.54, 1.807) is 4.68 Å². The van der Waals surface area contributed by atoms with E-state index in [0.29, 0.717) is 17.8 Å². The third kappa shape index (κ3) is 2.75. The van der Waals surface area contributed by atoms with Crippen LogP contribution in [0.25, 0.3) is 5.69 Å². The highest BCUT2D eigenvalue weighted by molar-refractivity contribution is 6.00. The fraction of sp³-hybridized carbons (Fsp3) is 0.150. The number of hydrogen-bond donors (Lipinski definition) is 1. The SMILES string of the molecule is CC1=NN(C(=O)c2c(N)cnn2-c2ccccc2)C(c2ccccc2)C1. The Morgan fingerprint density at radius 1 is 1.08 bits per heavy atom. The zero-order valence-corrected chi connectivity index (χ0v) is 14.4. The first kappa shape index (κ1) is 16.1. The maximum Gasteiger partial charge on any atom is 0.295 e. The van der Waals surface area contributed by atoms with Crippen molar-refractivity contribution in [3.63, 3.8) is 0 Å². The second kappa shape index (κ2) is 6.48. The summed E-state index contributed by atoms with van der Waals surface area (Å²) >= 11 is 0. The molecule has 2 N–H and O–H groups in total. The maximum absolute atomic E-state index is 13.3. The van der Waals surface area contributed by atoms with Gasteiger partial charge in [0.2, 0.25) is 0 Å². The molecular weight excluding hydrogens is 326 g/mol. The summed E-state index contributed by atoms with van der Waals surface area (Å²) in [5.41, 5.74) is 9.50. The molecule has 0 bridgehead atoms. The first-order valence-electron chi connectivity index (χ1n) is 8.46. The summed E-state index contributed by atoms with van der Waals surface area (Å²) in [7, 11) is 0. The molecule has 0 spiro atoms. The lowest BCUT2D eigenvalue weighted by molar-refractivity contribution is 0.0703. The number of anilines is 1. The third-order valence-corrected chi connectivity index (χ3v) is 4.46. The third-order valence-electron chi connectivity index (χ3n) is 4.46. The van der Waals surface area contributed by atoms with Crippen LogP contribution in [0.3, 0.4) is 0 Å². The highest BCUT2D eigenvalue weighted by Crippen LogP contribution is 2.33. The molecule has 130 valence electrons. The minimum absolute atomic E-state index is 0.137. The van der Waals surface area contributed by atoms with Gasteiger partial charge in [-0.25, -0.2) is 9.69 Å². The van der Waals surface area contributed by atoms with E-state index in [4.69, 9.17) is 5.73 Å². The van der Waals surface area contributed by atoms with Crippen molar-refractivity contribution in [1.29, 1.82) is 0 Å². The van der Waals surface area contributed by atoms with Crippen LogP contribution in [0.5, 0.6) is 0 Å². The molecule has 0 fully saturated rings. The van der Waals surface area contributed by atoms with E-state index in [0.717, 1.165) is 17.0 Å². The predicted molar refractivity (Wildman–Crippen MR) is 101 cm³/mol. The average Bonchev–Trinajstić information content (AvgIpc) is 3.25. The van der Waals surface area contributed by atoms with Gasteiger partial charge in [0.15, 0.2) is 5.69 Å². The molecule has 0 aliphatic carbocycles. The topological polar surface area (TPSA) is 76.5 Å². The van der Waals surface area contributed by atoms with Gasteiger partial charge in [0.1, 0.15) is 0 Å². The zero-order valence-electron chi connectivity index (χ0n) is 14.4. The monoisotopic (exact) mass is 345 g/mol. The number of hydrazone groups is 1. The number of aromatic nitrogens is 2. The number of benzene rings is 2. The van der Waals surface area contributed by atoms with Crippen LogP contribution in [0.4, 0.5) is 5.69 Å². The highest BCUT2D eigenvalue weighted by atomic mass is 16.2. The molecule has 26 heavy (non-hydrogen) atoms. The molecule has 6 heteroatoms. The van der Waals surface area contributed by atoms with Crippen LogP contribution in [0.15, 0.2) is 72.0 Å². The molecule has 1 aromatic heterocycles. The van der Waals surface area contributed by atoms with Crippen LogP contribution in [-0.2, 0) is 0 Å². The summed E-state index contributed by atoms with van der Waals surface area (Å²) in [6, 6.07) is 19.3. The Morgan fingerprint density at radius 3 is 2.42 bits per heavy atom. The van der Waals surface area contributed by atoms with Crippen LogP contribution < -0.4 is 5.73 Å². The fourth-order valence-corrected chi connectivity index (χ4v) is 3.23. The second-order valence-corrected chi connectivity index (χ2v) is 6.31. The Bertz CT molecular complexity index is 962. The predicted octanol–water partition coefficient (Wildman–Crippen LogP) is 3.42. The number of carbonyl (C=O) groups is 1. The van der Waals surface area contributed by atoms with Crippen molar-refractivity contribution in [3.05, 3.63) is 78.1 Å². The van der Waals surface area contributed by atoms with Crippen molar-refractivity contribution in [2.45, 2.75) is 19.4 Å². The maximum atomic E-state index is 13.3. The first-order valence-corrected chi connectivity index (χ1v) is 8.46. The van der Waals surface area contributed by atoms with Gasteiger partial charge in [-0.1, -0.05) is 48.5 Å². The summed E-state index contributed by atoms with van der Waals surface area (Å²) in [4.78, 5) is 13.3. The Kier molecular flexibility index (Phi) is 4.01. The van der Waals surface area contributed by atoms with Gasteiger partial charge in [-0.3, -0.25) is 4.79 Å². The molecule has 0 saturated carbocycles. The molecule has 2 aromatic carbocycles. The van der Waals surface area contributed by atoms with E-state index in [1.165, 1.54) is 11.2 Å². The van der Waals surface area contributed by atoms with Crippen LogP contribution in [0, 0.1) is 0 Å². The molecule has 1 atom stereocenters. The fourth-order valence-electron chi connectivity index (χ4n) is 3.23. The Balaban J connectivity index is 1.75. The molecule has 0 saturated heterocycles. The molecule has 0 radical (unpaired) electrons. The summed E-state index contributed by atoms with van der Waals surface area (Å²) in [6.45, 7) is 1.93. The normalized spacial score (nSPS) is 16.6. The lowest BCUT2D eigenvalue weighted by Crippen LogP contribution is -2.29. The van der Waals surface area contributed by atoms with Crippen molar-refractivity contribution < 1.29 is 4.79 Å². The Labute approximate surface area is 151 Å². The Morgan fingerprint density at radius 2 is 1.73 bits per heavy atom. The van der Waals surface area contributed by atoms with Gasteiger partial charge in [-0.2, -0.15) is 10.2 Å². The van der Waals surface area contributed by atoms with Gasteiger partial charge in [-0.15, -0.1) is 0 Å². The van der Waals surface area contributed by atoms with Crippen LogP contribution in [0.1, 0.15) is 35.4 Å². The molecule has 1 aliphatic heterocycles. The van der Waals surface area contributed by atoms with Crippen molar-refractivity contribution >= 4 is 17.3 Å². The van der Waals surface area contributed by atoms with Crippen LogP contribution >= 0.6 is 0 Å². The highest BCUT2D eigenvalue weighted by Gasteiger charge is 2.34. The van der Waals surface area contributed by atoms with Gasteiger partial charge < -0.3 is 5.73 Å². The van der Waals surface area contributed by atoms with Gasteiger partial charge in [-0.05, 0) is 24.6 Å². The van der Waals surface area contributed by atoms with Crippen molar-refractivity contribution in [2.75, 3.05) is 5.73 Å². The van der Waals surface area contributed by atoms with E-state index in [-0.39, 0.29) is 11.9 Å². The molecule has 1 aliphatic rings. The number of nitrogen functional groups attached to an aromatic ring is 1. The van der Waals surface area contributed by atoms with Gasteiger partial charge in [0, 0.05) is 12.1 Å². The number of rotatable bonds is 3. The zero-order chi connectivity index (χ0) is 18.1. The number of nitrogens with two attached hydrogens (primary N) is 1. The summed E-state index contributed by atoms with van der Waals surface area (Å²) in [5, 5.41) is 10.3. The molecule has 3 aromatic rings. The van der Waals surface area contributed by atoms with Crippen LogP contribution in [-0.4, -0.2) is 26.4 Å².